The van der Waals surface area contributed by atoms with Crippen molar-refractivity contribution >= 4 is 15.9 Å². The maximum Gasteiger partial charge on any atom is 0.253 e. The summed E-state index contributed by atoms with van der Waals surface area (Å²) >= 11 is 0. The Kier molecular flexibility index (Phi) is 6.21. The first-order chi connectivity index (χ1) is 11.6. The third kappa shape index (κ3) is 4.78. The van der Waals surface area contributed by atoms with Crippen molar-refractivity contribution in [3.8, 4) is 0 Å². The number of aliphatic hydroxyl groups is 1. The van der Waals surface area contributed by atoms with Crippen LogP contribution in [-0.2, 0) is 19.6 Å². The lowest BCUT2D eigenvalue weighted by atomic mass is 10.0. The molecule has 1 aliphatic heterocycles. The number of ether oxygens (including phenoxy) is 1. The zero-order chi connectivity index (χ0) is 18.7. The first kappa shape index (κ1) is 19.8. The summed E-state index contributed by atoms with van der Waals surface area (Å²) in [7, 11) is -3.76. The van der Waals surface area contributed by atoms with Gasteiger partial charge in [-0.05, 0) is 26.3 Å². The van der Waals surface area contributed by atoms with Gasteiger partial charge in [-0.1, -0.05) is 30.3 Å². The predicted molar refractivity (Wildman–Crippen MR) is 94.4 cm³/mol. The summed E-state index contributed by atoms with van der Waals surface area (Å²) in [5.74, 6) is -0.506. The van der Waals surface area contributed by atoms with E-state index in [4.69, 9.17) is 4.74 Å². The van der Waals surface area contributed by atoms with Gasteiger partial charge in [-0.25, -0.2) is 13.1 Å². The van der Waals surface area contributed by atoms with Crippen molar-refractivity contribution in [3.63, 3.8) is 0 Å². The maximum atomic E-state index is 12.6. The van der Waals surface area contributed by atoms with Gasteiger partial charge in [0.05, 0.1) is 24.0 Å². The molecule has 1 aliphatic rings. The van der Waals surface area contributed by atoms with Gasteiger partial charge < -0.3 is 14.7 Å². The quantitative estimate of drug-likeness (QED) is 0.794. The van der Waals surface area contributed by atoms with Gasteiger partial charge in [0, 0.05) is 13.1 Å². The number of morpholine rings is 1. The summed E-state index contributed by atoms with van der Waals surface area (Å²) in [6.45, 7) is 6.26. The lowest BCUT2D eigenvalue weighted by molar-refractivity contribution is -0.145. The van der Waals surface area contributed by atoms with Gasteiger partial charge in [0.15, 0.2) is 6.10 Å². The molecule has 1 saturated heterocycles. The van der Waals surface area contributed by atoms with Crippen LogP contribution in [0.1, 0.15) is 32.4 Å². The molecular weight excluding hydrogens is 344 g/mol. The van der Waals surface area contributed by atoms with Crippen molar-refractivity contribution < 1.29 is 23.1 Å². The van der Waals surface area contributed by atoms with Gasteiger partial charge >= 0.3 is 0 Å². The van der Waals surface area contributed by atoms with E-state index in [1.807, 2.05) is 0 Å². The third-order valence-electron chi connectivity index (χ3n) is 4.14. The molecule has 8 heteroatoms. The number of hydrogen-bond donors (Lipinski definition) is 2. The lowest BCUT2D eigenvalue weighted by Gasteiger charge is -2.33. The van der Waals surface area contributed by atoms with Crippen LogP contribution >= 0.6 is 0 Å². The number of carbonyl (C=O) groups excluding carboxylic acids is 1. The van der Waals surface area contributed by atoms with E-state index in [1.165, 1.54) is 4.90 Å². The molecular formula is C17H26N2O5S. The Morgan fingerprint density at radius 3 is 2.28 bits per heavy atom. The summed E-state index contributed by atoms with van der Waals surface area (Å²) in [6, 6.07) is 7.58. The van der Waals surface area contributed by atoms with Crippen molar-refractivity contribution in [2.45, 2.75) is 37.7 Å². The molecule has 1 fully saturated rings. The molecule has 1 amide bonds. The molecule has 25 heavy (non-hydrogen) atoms. The van der Waals surface area contributed by atoms with E-state index in [9.17, 15) is 18.3 Å². The van der Waals surface area contributed by atoms with Gasteiger partial charge in [0.1, 0.15) is 0 Å². The molecule has 140 valence electrons. The van der Waals surface area contributed by atoms with Gasteiger partial charge in [0.2, 0.25) is 10.0 Å². The van der Waals surface area contributed by atoms with Gasteiger partial charge in [0.25, 0.3) is 5.91 Å². The molecule has 0 aliphatic carbocycles. The Morgan fingerprint density at radius 2 is 1.76 bits per heavy atom. The molecule has 7 nitrogen and oxygen atoms in total. The first-order valence-corrected chi connectivity index (χ1v) is 9.73. The number of nitrogens with zero attached hydrogens (tertiary/aromatic N) is 1. The number of carbonyl (C=O) groups is 1. The van der Waals surface area contributed by atoms with E-state index in [0.717, 1.165) is 0 Å². The van der Waals surface area contributed by atoms with Crippen molar-refractivity contribution in [2.24, 2.45) is 0 Å². The summed E-state index contributed by atoms with van der Waals surface area (Å²) in [4.78, 5) is 14.1. The summed E-state index contributed by atoms with van der Waals surface area (Å²) in [5, 5.41) is 10.7. The SMILES string of the molecule is CC(C)(C)S(=O)(=O)N[C@H](c1ccccc1)[C@H](O)C(=O)N1CCOCC1. The van der Waals surface area contributed by atoms with Crippen LogP contribution in [0, 0.1) is 0 Å². The fourth-order valence-electron chi connectivity index (χ4n) is 2.43. The zero-order valence-corrected chi connectivity index (χ0v) is 15.6. The molecule has 0 spiro atoms. The second-order valence-electron chi connectivity index (χ2n) is 7.00. The highest BCUT2D eigenvalue weighted by atomic mass is 32.2. The monoisotopic (exact) mass is 370 g/mol. The van der Waals surface area contributed by atoms with Crippen LogP contribution in [0.3, 0.4) is 0 Å². The zero-order valence-electron chi connectivity index (χ0n) is 14.8. The average molecular weight is 370 g/mol. The fraction of sp³-hybridized carbons (Fsp3) is 0.588. The van der Waals surface area contributed by atoms with Crippen molar-refractivity contribution in [1.29, 1.82) is 0 Å². The minimum Gasteiger partial charge on any atom is -0.381 e. The molecule has 0 unspecified atom stereocenters. The van der Waals surface area contributed by atoms with E-state index in [-0.39, 0.29) is 0 Å². The number of amides is 1. The highest BCUT2D eigenvalue weighted by molar-refractivity contribution is 7.90. The first-order valence-electron chi connectivity index (χ1n) is 8.25. The van der Waals surface area contributed by atoms with Gasteiger partial charge in [-0.3, -0.25) is 4.79 Å². The Hall–Kier alpha value is -1.48. The molecule has 0 bridgehead atoms. The van der Waals surface area contributed by atoms with Crippen LogP contribution in [-0.4, -0.2) is 61.5 Å². The maximum absolute atomic E-state index is 12.6. The van der Waals surface area contributed by atoms with Crippen LogP contribution in [0.25, 0.3) is 0 Å². The third-order valence-corrected chi connectivity index (χ3v) is 6.32. The normalized spacial score (nSPS) is 18.6. The summed E-state index contributed by atoms with van der Waals surface area (Å²) < 4.78 is 31.8. The van der Waals surface area contributed by atoms with Crippen molar-refractivity contribution in [1.82, 2.24) is 9.62 Å². The Bertz CT molecular complexity index is 679. The molecule has 2 N–H and O–H groups in total. The standard InChI is InChI=1S/C17H26N2O5S/c1-17(2,3)25(22,23)18-14(13-7-5-4-6-8-13)15(20)16(21)19-9-11-24-12-10-19/h4-8,14-15,18,20H,9-12H2,1-3H3/t14-,15+/m1/s1. The molecule has 1 aromatic rings. The molecule has 0 saturated carbocycles. The van der Waals surface area contributed by atoms with Gasteiger partial charge in [-0.15, -0.1) is 0 Å². The Labute approximate surface area is 149 Å². The van der Waals surface area contributed by atoms with Crippen LogP contribution in [0.2, 0.25) is 0 Å². The second-order valence-corrected chi connectivity index (χ2v) is 9.47. The highest BCUT2D eigenvalue weighted by Gasteiger charge is 2.38. The largest absolute Gasteiger partial charge is 0.381 e. The number of aliphatic hydroxyl groups excluding tert-OH is 1. The van der Waals surface area contributed by atoms with Crippen molar-refractivity contribution in [2.75, 3.05) is 26.3 Å². The molecule has 0 radical (unpaired) electrons. The highest BCUT2D eigenvalue weighted by Crippen LogP contribution is 2.24. The number of hydrogen-bond acceptors (Lipinski definition) is 5. The van der Waals surface area contributed by atoms with Crippen LogP contribution < -0.4 is 4.72 Å². The van der Waals surface area contributed by atoms with Crippen LogP contribution in [0.4, 0.5) is 0 Å². The second kappa shape index (κ2) is 7.82. The van der Waals surface area contributed by atoms with Crippen LogP contribution in [0.15, 0.2) is 30.3 Å². The predicted octanol–water partition coefficient (Wildman–Crippen LogP) is 0.665. The number of sulfonamides is 1. The topological polar surface area (TPSA) is 95.9 Å². The number of benzene rings is 1. The van der Waals surface area contributed by atoms with E-state index in [0.29, 0.717) is 31.9 Å². The molecule has 1 heterocycles. The Balaban J connectivity index is 2.30. The van der Waals surface area contributed by atoms with Crippen molar-refractivity contribution in [3.05, 3.63) is 35.9 Å². The molecule has 1 aromatic carbocycles. The fourth-order valence-corrected chi connectivity index (χ4v) is 3.39. The average Bonchev–Trinajstić information content (AvgIpc) is 2.59. The molecule has 0 aromatic heterocycles. The van der Waals surface area contributed by atoms with E-state index in [2.05, 4.69) is 4.72 Å². The van der Waals surface area contributed by atoms with E-state index >= 15 is 0 Å². The van der Waals surface area contributed by atoms with Gasteiger partial charge in [-0.2, -0.15) is 0 Å². The Morgan fingerprint density at radius 1 is 1.20 bits per heavy atom. The molecule has 2 atom stereocenters. The van der Waals surface area contributed by atoms with E-state index < -0.39 is 32.8 Å². The lowest BCUT2D eigenvalue weighted by Crippen LogP contribution is -2.52. The minimum atomic E-state index is -3.76. The van der Waals surface area contributed by atoms with Crippen LogP contribution in [0.5, 0.6) is 0 Å². The summed E-state index contributed by atoms with van der Waals surface area (Å²) in [5.41, 5.74) is 0.532. The number of rotatable bonds is 5. The molecule has 2 rings (SSSR count). The smallest absolute Gasteiger partial charge is 0.253 e. The summed E-state index contributed by atoms with van der Waals surface area (Å²) in [6.07, 6.45) is -1.52. The minimum absolute atomic E-state index is 0.378. The van der Waals surface area contributed by atoms with E-state index in [1.54, 1.807) is 51.1 Å². The number of nitrogens with one attached hydrogen (secondary N) is 1.